The van der Waals surface area contributed by atoms with Gasteiger partial charge >= 0.3 is 0 Å². The first kappa shape index (κ1) is 19.0. The van der Waals surface area contributed by atoms with Gasteiger partial charge in [-0.15, -0.1) is 0 Å². The van der Waals surface area contributed by atoms with Crippen molar-refractivity contribution in [3.8, 4) is 11.5 Å². The summed E-state index contributed by atoms with van der Waals surface area (Å²) in [6.45, 7) is 2.80. The van der Waals surface area contributed by atoms with Crippen LogP contribution in [0.5, 0.6) is 11.5 Å². The average molecular weight is 419 g/mol. The maximum atomic E-state index is 13.5. The third-order valence-corrected chi connectivity index (χ3v) is 6.34. The maximum absolute atomic E-state index is 13.5. The van der Waals surface area contributed by atoms with Crippen LogP contribution in [0.3, 0.4) is 0 Å². The van der Waals surface area contributed by atoms with E-state index in [1.807, 2.05) is 6.07 Å². The topological polar surface area (TPSA) is 54.0 Å². The minimum absolute atomic E-state index is 0.0704. The van der Waals surface area contributed by atoms with Crippen LogP contribution in [0, 0.1) is 5.82 Å². The number of nitrogens with one attached hydrogen (secondary N) is 1. The Hall–Kier alpha value is -2.02. The molecule has 1 aliphatic carbocycles. The molecule has 5 rings (SSSR count). The second-order valence-electron chi connectivity index (χ2n) is 7.98. The molecule has 2 unspecified atom stereocenters. The van der Waals surface area contributed by atoms with Crippen LogP contribution in [0.25, 0.3) is 0 Å². The number of aliphatic hydroxyl groups is 1. The number of aliphatic hydroxyl groups excluding tert-OH is 1. The van der Waals surface area contributed by atoms with Crippen LogP contribution >= 0.6 is 11.6 Å². The first-order valence-corrected chi connectivity index (χ1v) is 10.5. The molecule has 0 spiro atoms. The van der Waals surface area contributed by atoms with Crippen molar-refractivity contribution in [2.75, 3.05) is 31.2 Å². The molecule has 29 heavy (non-hydrogen) atoms. The van der Waals surface area contributed by atoms with Crippen LogP contribution in [0.1, 0.15) is 30.1 Å². The zero-order valence-electron chi connectivity index (χ0n) is 16.0. The average Bonchev–Trinajstić information content (AvgIpc) is 3.03. The molecule has 3 aliphatic rings. The molecule has 0 bridgehead atoms. The van der Waals surface area contributed by atoms with Gasteiger partial charge in [-0.05, 0) is 48.6 Å². The number of benzene rings is 2. The molecular formula is C22H24ClFN2O3. The summed E-state index contributed by atoms with van der Waals surface area (Å²) in [6, 6.07) is 8.67. The summed E-state index contributed by atoms with van der Waals surface area (Å²) in [5.74, 6) is 1.18. The van der Waals surface area contributed by atoms with Crippen LogP contribution in [-0.2, 0) is 6.42 Å². The SMILES string of the molecule is OC1c2cc(F)ccc2CC1NC1CCN(c2cc(Cl)cc3c2OCCO3)CC1. The Balaban J connectivity index is 1.24. The Morgan fingerprint density at radius 3 is 2.72 bits per heavy atom. The molecule has 2 heterocycles. The molecule has 2 aliphatic heterocycles. The van der Waals surface area contributed by atoms with E-state index in [0.717, 1.165) is 49.4 Å². The van der Waals surface area contributed by atoms with Gasteiger partial charge in [0.2, 0.25) is 0 Å². The van der Waals surface area contributed by atoms with Gasteiger partial charge < -0.3 is 24.8 Å². The number of fused-ring (bicyclic) bond motifs is 2. The minimum atomic E-state index is -0.663. The summed E-state index contributed by atoms with van der Waals surface area (Å²) in [5, 5.41) is 14.8. The number of piperidine rings is 1. The normalized spacial score (nSPS) is 23.9. The Labute approximate surface area is 174 Å². The van der Waals surface area contributed by atoms with Gasteiger partial charge in [0.1, 0.15) is 19.0 Å². The molecule has 154 valence electrons. The van der Waals surface area contributed by atoms with Crippen molar-refractivity contribution in [2.45, 2.75) is 37.5 Å². The summed E-state index contributed by atoms with van der Waals surface area (Å²) in [6.07, 6.45) is 1.94. The molecule has 0 aromatic heterocycles. The van der Waals surface area contributed by atoms with E-state index >= 15 is 0 Å². The Morgan fingerprint density at radius 1 is 1.10 bits per heavy atom. The highest BCUT2D eigenvalue weighted by Crippen LogP contribution is 2.43. The molecule has 2 aromatic carbocycles. The number of hydrogen-bond donors (Lipinski definition) is 2. The van der Waals surface area contributed by atoms with E-state index in [2.05, 4.69) is 10.2 Å². The Morgan fingerprint density at radius 2 is 1.90 bits per heavy atom. The summed E-state index contributed by atoms with van der Waals surface area (Å²) in [5.41, 5.74) is 2.72. The molecule has 2 atom stereocenters. The molecular weight excluding hydrogens is 395 g/mol. The molecule has 0 amide bonds. The van der Waals surface area contributed by atoms with Crippen molar-refractivity contribution < 1.29 is 19.0 Å². The molecule has 0 radical (unpaired) electrons. The molecule has 2 aromatic rings. The van der Waals surface area contributed by atoms with Crippen molar-refractivity contribution in [3.63, 3.8) is 0 Å². The zero-order chi connectivity index (χ0) is 20.0. The van der Waals surface area contributed by atoms with Gasteiger partial charge in [0.15, 0.2) is 11.5 Å². The van der Waals surface area contributed by atoms with E-state index in [4.69, 9.17) is 21.1 Å². The van der Waals surface area contributed by atoms with Crippen molar-refractivity contribution in [1.82, 2.24) is 5.32 Å². The van der Waals surface area contributed by atoms with Crippen LogP contribution in [0.2, 0.25) is 5.02 Å². The van der Waals surface area contributed by atoms with Gasteiger partial charge in [-0.1, -0.05) is 17.7 Å². The van der Waals surface area contributed by atoms with Crippen LogP contribution < -0.4 is 19.7 Å². The quantitative estimate of drug-likeness (QED) is 0.799. The van der Waals surface area contributed by atoms with Gasteiger partial charge in [0.25, 0.3) is 0 Å². The third-order valence-electron chi connectivity index (χ3n) is 6.12. The molecule has 7 heteroatoms. The second kappa shape index (κ2) is 7.67. The van der Waals surface area contributed by atoms with Gasteiger partial charge in [-0.2, -0.15) is 0 Å². The van der Waals surface area contributed by atoms with E-state index in [9.17, 15) is 9.50 Å². The van der Waals surface area contributed by atoms with Gasteiger partial charge in [-0.3, -0.25) is 0 Å². The van der Waals surface area contributed by atoms with Gasteiger partial charge in [0, 0.05) is 36.3 Å². The predicted octanol–water partition coefficient (Wildman–Crippen LogP) is 3.47. The predicted molar refractivity (Wildman–Crippen MR) is 110 cm³/mol. The van der Waals surface area contributed by atoms with Crippen molar-refractivity contribution in [2.24, 2.45) is 0 Å². The highest BCUT2D eigenvalue weighted by atomic mass is 35.5. The fourth-order valence-electron chi connectivity index (χ4n) is 4.67. The largest absolute Gasteiger partial charge is 0.486 e. The monoisotopic (exact) mass is 418 g/mol. The Kier molecular flexibility index (Phi) is 5.02. The van der Waals surface area contributed by atoms with E-state index in [1.165, 1.54) is 12.1 Å². The number of hydrogen-bond acceptors (Lipinski definition) is 5. The summed E-state index contributed by atoms with van der Waals surface area (Å²) in [7, 11) is 0. The van der Waals surface area contributed by atoms with Crippen LogP contribution in [0.15, 0.2) is 30.3 Å². The van der Waals surface area contributed by atoms with E-state index < -0.39 is 6.10 Å². The number of ether oxygens (including phenoxy) is 2. The van der Waals surface area contributed by atoms with E-state index in [0.29, 0.717) is 35.6 Å². The molecule has 0 saturated carbocycles. The fraction of sp³-hybridized carbons (Fsp3) is 0.455. The molecule has 5 nitrogen and oxygen atoms in total. The lowest BCUT2D eigenvalue weighted by molar-refractivity contribution is 0.131. The lowest BCUT2D eigenvalue weighted by Crippen LogP contribution is -2.47. The summed E-state index contributed by atoms with van der Waals surface area (Å²) >= 11 is 6.29. The highest BCUT2D eigenvalue weighted by molar-refractivity contribution is 6.31. The molecule has 2 N–H and O–H groups in total. The van der Waals surface area contributed by atoms with Crippen molar-refractivity contribution >= 4 is 17.3 Å². The first-order valence-electron chi connectivity index (χ1n) is 10.1. The first-order chi connectivity index (χ1) is 14.1. The van der Waals surface area contributed by atoms with Gasteiger partial charge in [-0.25, -0.2) is 4.39 Å². The number of nitrogens with zero attached hydrogens (tertiary/aromatic N) is 1. The fourth-order valence-corrected chi connectivity index (χ4v) is 4.87. The van der Waals surface area contributed by atoms with Gasteiger partial charge in [0.05, 0.1) is 11.8 Å². The zero-order valence-corrected chi connectivity index (χ0v) is 16.8. The number of halogens is 2. The summed E-state index contributed by atoms with van der Waals surface area (Å²) < 4.78 is 25.1. The molecule has 1 fully saturated rings. The Bertz CT molecular complexity index is 917. The molecule has 1 saturated heterocycles. The highest BCUT2D eigenvalue weighted by Gasteiger charge is 2.34. The van der Waals surface area contributed by atoms with E-state index in [-0.39, 0.29) is 11.9 Å². The maximum Gasteiger partial charge on any atom is 0.184 e. The van der Waals surface area contributed by atoms with Crippen LogP contribution in [-0.4, -0.2) is 43.5 Å². The smallest absolute Gasteiger partial charge is 0.184 e. The van der Waals surface area contributed by atoms with Crippen molar-refractivity contribution in [3.05, 3.63) is 52.3 Å². The summed E-state index contributed by atoms with van der Waals surface area (Å²) in [4.78, 5) is 2.28. The number of anilines is 1. The lowest BCUT2D eigenvalue weighted by Gasteiger charge is -2.37. The lowest BCUT2D eigenvalue weighted by atomic mass is 10.0. The minimum Gasteiger partial charge on any atom is -0.486 e. The van der Waals surface area contributed by atoms with Crippen LogP contribution in [0.4, 0.5) is 10.1 Å². The van der Waals surface area contributed by atoms with E-state index in [1.54, 1.807) is 12.1 Å². The van der Waals surface area contributed by atoms with Crippen molar-refractivity contribution in [1.29, 1.82) is 0 Å². The standard InChI is InChI=1S/C22H24ClFN2O3/c23-14-10-19(22-20(11-14)28-7-8-29-22)26-5-3-16(4-6-26)25-18-9-13-1-2-15(24)12-17(13)21(18)27/h1-2,10-12,16,18,21,25,27H,3-9H2. The second-order valence-corrected chi connectivity index (χ2v) is 8.41. The number of rotatable bonds is 3. The third kappa shape index (κ3) is 3.65.